The molecule has 0 amide bonds. The van der Waals surface area contributed by atoms with Gasteiger partial charge in [0.25, 0.3) is 0 Å². The summed E-state index contributed by atoms with van der Waals surface area (Å²) in [4.78, 5) is 11.1. The number of anilines is 2. The van der Waals surface area contributed by atoms with Crippen LogP contribution in [0.3, 0.4) is 0 Å². The van der Waals surface area contributed by atoms with Crippen molar-refractivity contribution in [1.82, 2.24) is 9.97 Å². The number of rotatable bonds is 1. The fourth-order valence-electron chi connectivity index (χ4n) is 3.25. The van der Waals surface area contributed by atoms with Crippen molar-refractivity contribution in [2.24, 2.45) is 0 Å². The molecule has 1 aromatic carbocycles. The maximum absolute atomic E-state index is 6.14. The van der Waals surface area contributed by atoms with E-state index in [4.69, 9.17) is 10.5 Å². The maximum Gasteiger partial charge on any atom is 0.140 e. The Hall–Kier alpha value is -1.88. The second-order valence-electron chi connectivity index (χ2n) is 6.95. The molecule has 0 saturated carbocycles. The zero-order valence-corrected chi connectivity index (χ0v) is 13.1. The Morgan fingerprint density at radius 1 is 1.10 bits per heavy atom. The Morgan fingerprint density at radius 3 is 2.43 bits per heavy atom. The van der Waals surface area contributed by atoms with Crippen molar-refractivity contribution in [3.8, 4) is 0 Å². The Balaban J connectivity index is 2.07. The number of ether oxygens (including phenoxy) is 1. The van der Waals surface area contributed by atoms with Crippen LogP contribution in [0.25, 0.3) is 10.9 Å². The van der Waals surface area contributed by atoms with E-state index in [0.717, 1.165) is 35.5 Å². The lowest BCUT2D eigenvalue weighted by Crippen LogP contribution is -2.57. The molecule has 0 radical (unpaired) electrons. The molecule has 2 N–H and O–H groups in total. The third-order valence-electron chi connectivity index (χ3n) is 3.63. The summed E-state index contributed by atoms with van der Waals surface area (Å²) in [5.74, 6) is 0.949. The molecule has 0 unspecified atom stereocenters. The lowest BCUT2D eigenvalue weighted by Gasteiger charge is -2.47. The normalized spacial score (nSPS) is 20.7. The van der Waals surface area contributed by atoms with E-state index >= 15 is 0 Å². The highest BCUT2D eigenvalue weighted by Crippen LogP contribution is 2.33. The van der Waals surface area contributed by atoms with Gasteiger partial charge in [0.15, 0.2) is 0 Å². The fourth-order valence-corrected chi connectivity index (χ4v) is 3.25. The van der Waals surface area contributed by atoms with Gasteiger partial charge in [-0.1, -0.05) is 0 Å². The minimum atomic E-state index is -0.215. The number of nitrogens with two attached hydrogens (primary N) is 1. The summed E-state index contributed by atoms with van der Waals surface area (Å²) in [6.07, 6.45) is 1.60. The molecule has 1 aromatic heterocycles. The topological polar surface area (TPSA) is 64.3 Å². The zero-order chi connectivity index (χ0) is 15.3. The summed E-state index contributed by atoms with van der Waals surface area (Å²) in [7, 11) is 0. The maximum atomic E-state index is 6.14. The Bertz CT molecular complexity index is 665. The molecule has 5 heteroatoms. The third kappa shape index (κ3) is 2.78. The van der Waals surface area contributed by atoms with Gasteiger partial charge in [0, 0.05) is 24.2 Å². The van der Waals surface area contributed by atoms with E-state index in [-0.39, 0.29) is 11.2 Å². The Kier molecular flexibility index (Phi) is 3.06. The monoisotopic (exact) mass is 286 g/mol. The van der Waals surface area contributed by atoms with Crippen LogP contribution in [0.1, 0.15) is 27.7 Å². The number of nitrogens with zero attached hydrogens (tertiary/aromatic N) is 3. The van der Waals surface area contributed by atoms with Gasteiger partial charge in [0.1, 0.15) is 12.1 Å². The average Bonchev–Trinajstić information content (AvgIpc) is 2.33. The quantitative estimate of drug-likeness (QED) is 0.816. The molecule has 5 nitrogen and oxygen atoms in total. The number of morpholine rings is 1. The molecule has 1 saturated heterocycles. The van der Waals surface area contributed by atoms with Gasteiger partial charge < -0.3 is 15.4 Å². The van der Waals surface area contributed by atoms with E-state index in [9.17, 15) is 0 Å². The van der Waals surface area contributed by atoms with Crippen LogP contribution < -0.4 is 10.6 Å². The molecular formula is C16H22N4O. The molecule has 21 heavy (non-hydrogen) atoms. The van der Waals surface area contributed by atoms with E-state index in [1.54, 1.807) is 6.33 Å². The van der Waals surface area contributed by atoms with Crippen LogP contribution in [0.5, 0.6) is 0 Å². The Labute approximate surface area is 125 Å². The first kappa shape index (κ1) is 14.1. The lowest BCUT2D eigenvalue weighted by atomic mass is 9.98. The van der Waals surface area contributed by atoms with Gasteiger partial charge in [-0.25, -0.2) is 9.97 Å². The standard InChI is InChI=1S/C16H22N4O/c1-15(2)8-20(9-16(3,4)21-15)14-12-6-5-11(17)7-13(12)18-10-19-14/h5-7,10H,8-9,17H2,1-4H3. The third-order valence-corrected chi connectivity index (χ3v) is 3.63. The highest BCUT2D eigenvalue weighted by atomic mass is 16.5. The first-order valence-electron chi connectivity index (χ1n) is 7.21. The van der Waals surface area contributed by atoms with Crippen molar-refractivity contribution in [3.05, 3.63) is 24.5 Å². The van der Waals surface area contributed by atoms with Crippen LogP contribution >= 0.6 is 0 Å². The molecular weight excluding hydrogens is 264 g/mol. The van der Waals surface area contributed by atoms with E-state index in [1.807, 2.05) is 18.2 Å². The van der Waals surface area contributed by atoms with E-state index in [0.29, 0.717) is 0 Å². The van der Waals surface area contributed by atoms with Crippen molar-refractivity contribution in [1.29, 1.82) is 0 Å². The first-order valence-corrected chi connectivity index (χ1v) is 7.21. The minimum Gasteiger partial charge on any atom is -0.399 e. The van der Waals surface area contributed by atoms with Gasteiger partial charge in [-0.15, -0.1) is 0 Å². The molecule has 0 bridgehead atoms. The summed E-state index contributed by atoms with van der Waals surface area (Å²) in [5, 5.41) is 1.03. The summed E-state index contributed by atoms with van der Waals surface area (Å²) in [6, 6.07) is 5.78. The summed E-state index contributed by atoms with van der Waals surface area (Å²) in [5.41, 5.74) is 7.01. The van der Waals surface area contributed by atoms with E-state index in [2.05, 4.69) is 42.6 Å². The van der Waals surface area contributed by atoms with Crippen LogP contribution in [-0.2, 0) is 4.74 Å². The van der Waals surface area contributed by atoms with Crippen LogP contribution in [-0.4, -0.2) is 34.3 Å². The summed E-state index contributed by atoms with van der Waals surface area (Å²) < 4.78 is 6.14. The molecule has 2 aromatic rings. The molecule has 3 rings (SSSR count). The van der Waals surface area contributed by atoms with Crippen molar-refractivity contribution in [2.45, 2.75) is 38.9 Å². The lowest BCUT2D eigenvalue weighted by molar-refractivity contribution is -0.133. The number of nitrogen functional groups attached to an aromatic ring is 1. The van der Waals surface area contributed by atoms with Crippen LogP contribution in [0.15, 0.2) is 24.5 Å². The minimum absolute atomic E-state index is 0.215. The fraction of sp³-hybridized carbons (Fsp3) is 0.500. The average molecular weight is 286 g/mol. The number of benzene rings is 1. The number of fused-ring (bicyclic) bond motifs is 1. The molecule has 2 heterocycles. The number of hydrogen-bond acceptors (Lipinski definition) is 5. The highest BCUT2D eigenvalue weighted by Gasteiger charge is 2.39. The Morgan fingerprint density at radius 2 is 1.76 bits per heavy atom. The molecule has 1 aliphatic heterocycles. The van der Waals surface area contributed by atoms with Crippen LogP contribution in [0.2, 0.25) is 0 Å². The van der Waals surface area contributed by atoms with Crippen molar-refractivity contribution < 1.29 is 4.74 Å². The number of aromatic nitrogens is 2. The highest BCUT2D eigenvalue weighted by molar-refractivity contribution is 5.91. The van der Waals surface area contributed by atoms with Gasteiger partial charge in [-0.2, -0.15) is 0 Å². The van der Waals surface area contributed by atoms with Gasteiger partial charge in [0.2, 0.25) is 0 Å². The van der Waals surface area contributed by atoms with Crippen molar-refractivity contribution >= 4 is 22.4 Å². The summed E-state index contributed by atoms with van der Waals surface area (Å²) in [6.45, 7) is 10.1. The molecule has 1 fully saturated rings. The van der Waals surface area contributed by atoms with Crippen molar-refractivity contribution in [3.63, 3.8) is 0 Å². The van der Waals surface area contributed by atoms with Gasteiger partial charge in [-0.3, -0.25) is 0 Å². The molecule has 1 aliphatic rings. The van der Waals surface area contributed by atoms with E-state index < -0.39 is 0 Å². The smallest absolute Gasteiger partial charge is 0.140 e. The van der Waals surface area contributed by atoms with Gasteiger partial charge in [-0.05, 0) is 45.9 Å². The number of hydrogen-bond donors (Lipinski definition) is 1. The molecule has 0 spiro atoms. The predicted molar refractivity (Wildman–Crippen MR) is 85.4 cm³/mol. The molecule has 0 aliphatic carbocycles. The second kappa shape index (κ2) is 4.56. The zero-order valence-electron chi connectivity index (χ0n) is 13.1. The van der Waals surface area contributed by atoms with Crippen LogP contribution in [0.4, 0.5) is 11.5 Å². The molecule has 112 valence electrons. The van der Waals surface area contributed by atoms with Crippen LogP contribution in [0, 0.1) is 0 Å². The van der Waals surface area contributed by atoms with E-state index in [1.165, 1.54) is 0 Å². The first-order chi connectivity index (χ1) is 9.76. The van der Waals surface area contributed by atoms with Gasteiger partial charge in [0.05, 0.1) is 16.7 Å². The second-order valence-corrected chi connectivity index (χ2v) is 6.95. The molecule has 0 atom stereocenters. The van der Waals surface area contributed by atoms with Gasteiger partial charge >= 0.3 is 0 Å². The predicted octanol–water partition coefficient (Wildman–Crippen LogP) is 2.61. The summed E-state index contributed by atoms with van der Waals surface area (Å²) >= 11 is 0. The largest absolute Gasteiger partial charge is 0.399 e. The van der Waals surface area contributed by atoms with Crippen molar-refractivity contribution in [2.75, 3.05) is 23.7 Å². The SMILES string of the molecule is CC1(C)CN(c2ncnc3cc(N)ccc23)CC(C)(C)O1.